The molecule has 0 radical (unpaired) electrons. The van der Waals surface area contributed by atoms with Crippen molar-refractivity contribution in [1.82, 2.24) is 30.5 Å². The second kappa shape index (κ2) is 6.16. The Bertz CT molecular complexity index is 832. The molecule has 0 bridgehead atoms. The average Bonchev–Trinajstić information content (AvgIpc) is 3.27. The van der Waals surface area contributed by atoms with Gasteiger partial charge >= 0.3 is 6.01 Å². The number of H-pyrrole nitrogens is 1. The summed E-state index contributed by atoms with van der Waals surface area (Å²) in [5, 5.41) is 11.2. The Balaban J connectivity index is 1.41. The summed E-state index contributed by atoms with van der Waals surface area (Å²) in [6, 6.07) is 0.369. The minimum Gasteiger partial charge on any atom is -0.408 e. The summed E-state index contributed by atoms with van der Waals surface area (Å²) in [5.74, 6) is 0.483. The van der Waals surface area contributed by atoms with Gasteiger partial charge in [0.25, 0.3) is 0 Å². The van der Waals surface area contributed by atoms with E-state index in [1.165, 1.54) is 0 Å². The molecule has 0 saturated carbocycles. The van der Waals surface area contributed by atoms with Gasteiger partial charge in [-0.25, -0.2) is 9.37 Å². The molecule has 2 atom stereocenters. The van der Waals surface area contributed by atoms with E-state index in [-0.39, 0.29) is 12.6 Å². The smallest absolute Gasteiger partial charge is 0.318 e. The molecule has 9 heteroatoms. The van der Waals surface area contributed by atoms with Crippen LogP contribution in [0.4, 0.5) is 10.4 Å². The van der Waals surface area contributed by atoms with Crippen molar-refractivity contribution in [2.75, 3.05) is 18.0 Å². The van der Waals surface area contributed by atoms with E-state index in [0.717, 1.165) is 16.7 Å². The van der Waals surface area contributed by atoms with Crippen LogP contribution in [0.15, 0.2) is 23.0 Å². The first-order valence-corrected chi connectivity index (χ1v) is 7.89. The van der Waals surface area contributed by atoms with Gasteiger partial charge in [0.05, 0.1) is 6.54 Å². The van der Waals surface area contributed by atoms with Gasteiger partial charge in [-0.15, -0.1) is 5.10 Å². The van der Waals surface area contributed by atoms with Crippen LogP contribution in [0.25, 0.3) is 11.2 Å². The molecule has 0 aromatic carbocycles. The zero-order valence-corrected chi connectivity index (χ0v) is 13.2. The second-order valence-electron chi connectivity index (χ2n) is 5.94. The third-order valence-corrected chi connectivity index (χ3v) is 4.21. The number of rotatable bonds is 5. The molecule has 0 amide bonds. The van der Waals surface area contributed by atoms with Crippen LogP contribution in [0, 0.1) is 6.92 Å². The maximum atomic E-state index is 13.8. The van der Waals surface area contributed by atoms with Gasteiger partial charge in [-0.2, -0.15) is 0 Å². The molecule has 24 heavy (non-hydrogen) atoms. The summed E-state index contributed by atoms with van der Waals surface area (Å²) in [4.78, 5) is 13.5. The zero-order chi connectivity index (χ0) is 16.5. The van der Waals surface area contributed by atoms with E-state index in [0.29, 0.717) is 31.4 Å². The number of hydrogen-bond donors (Lipinski definition) is 2. The van der Waals surface area contributed by atoms with Crippen LogP contribution in [0.5, 0.6) is 0 Å². The fraction of sp³-hybridized carbons (Fsp3) is 0.467. The number of aromatic nitrogens is 5. The quantitative estimate of drug-likeness (QED) is 0.728. The monoisotopic (exact) mass is 331 g/mol. The summed E-state index contributed by atoms with van der Waals surface area (Å²) in [6.07, 6.45) is 4.78. The molecule has 8 nitrogen and oxygen atoms in total. The van der Waals surface area contributed by atoms with Gasteiger partial charge in [0.1, 0.15) is 11.7 Å². The van der Waals surface area contributed by atoms with Crippen LogP contribution >= 0.6 is 0 Å². The van der Waals surface area contributed by atoms with Crippen molar-refractivity contribution in [1.29, 1.82) is 0 Å². The standard InChI is InChI=1S/C15H18FN7O/c1-9-21-22-15(24-9)23-8-11(16)4-12(23)7-17-5-10-6-20-14-13(10)18-2-3-19-14/h2-3,6,11-12,17H,4-5,7-8H2,1H3,(H,19,20)/t11-,12-/m0/s1. The molecule has 4 heterocycles. The van der Waals surface area contributed by atoms with Crippen LogP contribution in [0.1, 0.15) is 17.9 Å². The van der Waals surface area contributed by atoms with Crippen molar-refractivity contribution in [3.63, 3.8) is 0 Å². The summed E-state index contributed by atoms with van der Waals surface area (Å²) < 4.78 is 19.3. The maximum Gasteiger partial charge on any atom is 0.318 e. The highest BCUT2D eigenvalue weighted by Gasteiger charge is 2.34. The van der Waals surface area contributed by atoms with E-state index in [2.05, 4.69) is 30.5 Å². The number of alkyl halides is 1. The van der Waals surface area contributed by atoms with E-state index >= 15 is 0 Å². The Kier molecular flexibility index (Phi) is 3.85. The Morgan fingerprint density at radius 3 is 3.08 bits per heavy atom. The molecule has 1 aliphatic heterocycles. The molecular formula is C15H18FN7O. The Labute approximate surface area is 137 Å². The first-order chi connectivity index (χ1) is 11.7. The predicted molar refractivity (Wildman–Crippen MR) is 85.3 cm³/mol. The summed E-state index contributed by atoms with van der Waals surface area (Å²) in [6.45, 7) is 3.26. The molecule has 1 aliphatic rings. The molecule has 3 aromatic heterocycles. The Hall–Kier alpha value is -2.55. The molecule has 4 rings (SSSR count). The van der Waals surface area contributed by atoms with E-state index in [9.17, 15) is 4.39 Å². The summed E-state index contributed by atoms with van der Waals surface area (Å²) in [7, 11) is 0. The van der Waals surface area contributed by atoms with E-state index in [1.54, 1.807) is 19.3 Å². The number of aromatic amines is 1. The topological polar surface area (TPSA) is 95.8 Å². The van der Waals surface area contributed by atoms with E-state index in [1.807, 2.05) is 11.1 Å². The Morgan fingerprint density at radius 2 is 2.25 bits per heavy atom. The van der Waals surface area contributed by atoms with Crippen LogP contribution in [0.3, 0.4) is 0 Å². The van der Waals surface area contributed by atoms with Crippen LogP contribution in [0.2, 0.25) is 0 Å². The maximum absolute atomic E-state index is 13.8. The number of fused-ring (bicyclic) bond motifs is 1. The summed E-state index contributed by atoms with van der Waals surface area (Å²) >= 11 is 0. The normalized spacial score (nSPS) is 21.0. The third-order valence-electron chi connectivity index (χ3n) is 4.21. The van der Waals surface area contributed by atoms with Gasteiger partial charge < -0.3 is 19.6 Å². The van der Waals surface area contributed by atoms with Crippen molar-refractivity contribution >= 4 is 17.2 Å². The largest absolute Gasteiger partial charge is 0.408 e. The average molecular weight is 331 g/mol. The van der Waals surface area contributed by atoms with Gasteiger partial charge in [-0.3, -0.25) is 4.98 Å². The van der Waals surface area contributed by atoms with Crippen molar-refractivity contribution in [2.24, 2.45) is 0 Å². The van der Waals surface area contributed by atoms with Gasteiger partial charge in [0.15, 0.2) is 5.65 Å². The van der Waals surface area contributed by atoms with E-state index < -0.39 is 6.17 Å². The molecule has 1 fully saturated rings. The van der Waals surface area contributed by atoms with Crippen LogP contribution in [-0.2, 0) is 6.54 Å². The molecule has 1 saturated heterocycles. The fourth-order valence-electron chi connectivity index (χ4n) is 3.10. The van der Waals surface area contributed by atoms with Crippen LogP contribution < -0.4 is 10.2 Å². The van der Waals surface area contributed by atoms with Gasteiger partial charge in [0, 0.05) is 56.6 Å². The van der Waals surface area contributed by atoms with Crippen molar-refractivity contribution in [2.45, 2.75) is 32.1 Å². The lowest BCUT2D eigenvalue weighted by atomic mass is 10.2. The molecule has 0 aliphatic carbocycles. The molecule has 0 unspecified atom stereocenters. The lowest BCUT2D eigenvalue weighted by Gasteiger charge is -2.22. The number of nitrogens with one attached hydrogen (secondary N) is 2. The van der Waals surface area contributed by atoms with E-state index in [4.69, 9.17) is 4.42 Å². The minimum atomic E-state index is -0.886. The van der Waals surface area contributed by atoms with Crippen molar-refractivity contribution < 1.29 is 8.81 Å². The fourth-order valence-corrected chi connectivity index (χ4v) is 3.10. The predicted octanol–water partition coefficient (Wildman–Crippen LogP) is 1.36. The Morgan fingerprint density at radius 1 is 1.38 bits per heavy atom. The lowest BCUT2D eigenvalue weighted by molar-refractivity contribution is 0.354. The van der Waals surface area contributed by atoms with Gasteiger partial charge in [-0.05, 0) is 0 Å². The van der Waals surface area contributed by atoms with Crippen LogP contribution in [-0.4, -0.2) is 50.5 Å². The first-order valence-electron chi connectivity index (χ1n) is 7.89. The van der Waals surface area contributed by atoms with Crippen molar-refractivity contribution in [3.8, 4) is 0 Å². The number of anilines is 1. The van der Waals surface area contributed by atoms with Gasteiger partial charge in [-0.1, -0.05) is 5.10 Å². The first kappa shape index (κ1) is 15.0. The minimum absolute atomic E-state index is 0.0175. The third kappa shape index (κ3) is 2.82. The summed E-state index contributed by atoms with van der Waals surface area (Å²) in [5.41, 5.74) is 2.65. The molecule has 2 N–H and O–H groups in total. The number of nitrogens with zero attached hydrogens (tertiary/aromatic N) is 5. The zero-order valence-electron chi connectivity index (χ0n) is 13.2. The molecule has 3 aromatic rings. The number of halogens is 1. The highest BCUT2D eigenvalue weighted by Crippen LogP contribution is 2.26. The van der Waals surface area contributed by atoms with Gasteiger partial charge in [0.2, 0.25) is 5.89 Å². The second-order valence-corrected chi connectivity index (χ2v) is 5.94. The SMILES string of the molecule is Cc1nnc(N2C[C@@H](F)C[C@H]2CNCc2c[nH]c3nccnc23)o1. The highest BCUT2D eigenvalue weighted by molar-refractivity contribution is 5.74. The highest BCUT2D eigenvalue weighted by atomic mass is 19.1. The lowest BCUT2D eigenvalue weighted by Crippen LogP contribution is -2.38. The van der Waals surface area contributed by atoms with Crippen molar-refractivity contribution in [3.05, 3.63) is 30.0 Å². The number of hydrogen-bond acceptors (Lipinski definition) is 7. The molecular weight excluding hydrogens is 313 g/mol. The molecule has 126 valence electrons. The number of aryl methyl sites for hydroxylation is 1. The molecule has 0 spiro atoms.